The molecule has 0 spiro atoms. The lowest BCUT2D eigenvalue weighted by Gasteiger charge is -2.05. The van der Waals surface area contributed by atoms with Crippen LogP contribution in [0.15, 0.2) is 48.5 Å². The van der Waals surface area contributed by atoms with Crippen LogP contribution in [-0.2, 0) is 4.74 Å². The highest BCUT2D eigenvalue weighted by molar-refractivity contribution is 5.99. The van der Waals surface area contributed by atoms with Crippen LogP contribution in [0.1, 0.15) is 20.7 Å². The molecule has 0 atom stereocenters. The number of nitrogens with zero attached hydrogens (tertiary/aromatic N) is 1. The van der Waals surface area contributed by atoms with Crippen molar-refractivity contribution in [1.82, 2.24) is 0 Å². The van der Waals surface area contributed by atoms with Crippen molar-refractivity contribution in [2.24, 2.45) is 0 Å². The minimum Gasteiger partial charge on any atom is -0.454 e. The molecule has 0 unspecified atom stereocenters. The van der Waals surface area contributed by atoms with Crippen LogP contribution in [-0.4, -0.2) is 23.3 Å². The molecule has 0 aliphatic rings. The number of carbonyl (C=O) groups excluding carboxylic acids is 2. The zero-order valence-electron chi connectivity index (χ0n) is 11.2. The van der Waals surface area contributed by atoms with Gasteiger partial charge in [-0.1, -0.05) is 18.2 Å². The number of halogens is 1. The number of ketones is 1. The molecule has 7 heteroatoms. The molecule has 6 nitrogen and oxygen atoms in total. The van der Waals surface area contributed by atoms with Gasteiger partial charge in [0.05, 0.1) is 16.1 Å². The Hall–Kier alpha value is -3.09. The Morgan fingerprint density at radius 2 is 1.86 bits per heavy atom. The zero-order chi connectivity index (χ0) is 16.1. The number of carbonyl (C=O) groups is 2. The Bertz CT molecular complexity index is 744. The Kier molecular flexibility index (Phi) is 4.57. The minimum absolute atomic E-state index is 0.0597. The largest absolute Gasteiger partial charge is 0.454 e. The minimum atomic E-state index is -0.895. The van der Waals surface area contributed by atoms with E-state index in [9.17, 15) is 24.1 Å². The van der Waals surface area contributed by atoms with Crippen molar-refractivity contribution in [1.29, 1.82) is 0 Å². The predicted molar refractivity (Wildman–Crippen MR) is 74.1 cm³/mol. The normalized spacial score (nSPS) is 10.0. The maximum atomic E-state index is 13.4. The zero-order valence-corrected chi connectivity index (χ0v) is 11.2. The van der Waals surface area contributed by atoms with Crippen molar-refractivity contribution in [3.63, 3.8) is 0 Å². The molecular weight excluding hydrogens is 293 g/mol. The van der Waals surface area contributed by atoms with Gasteiger partial charge in [-0.05, 0) is 18.2 Å². The van der Waals surface area contributed by atoms with Crippen molar-refractivity contribution >= 4 is 17.4 Å². The fraction of sp³-hybridized carbons (Fsp3) is 0.0667. The second kappa shape index (κ2) is 6.57. The summed E-state index contributed by atoms with van der Waals surface area (Å²) in [4.78, 5) is 33.5. The van der Waals surface area contributed by atoms with E-state index >= 15 is 0 Å². The van der Waals surface area contributed by atoms with E-state index < -0.39 is 29.1 Å². The Balaban J connectivity index is 2.04. The number of Topliss-reactive ketones (excluding diaryl/α,β-unsaturated/α-hetero) is 1. The average Bonchev–Trinajstić information content (AvgIpc) is 2.52. The summed E-state index contributed by atoms with van der Waals surface area (Å²) in [6, 6.07) is 10.2. The molecular formula is C15H10FNO5. The summed E-state index contributed by atoms with van der Waals surface area (Å²) in [6.07, 6.45) is 0. The lowest BCUT2D eigenvalue weighted by Crippen LogP contribution is -2.15. The summed E-state index contributed by atoms with van der Waals surface area (Å²) < 4.78 is 18.1. The molecule has 0 saturated carbocycles. The monoisotopic (exact) mass is 303 g/mol. The third-order valence-corrected chi connectivity index (χ3v) is 2.80. The number of non-ortho nitro benzene ring substituents is 1. The summed E-state index contributed by atoms with van der Waals surface area (Å²) in [5.41, 5.74) is -0.514. The van der Waals surface area contributed by atoms with Gasteiger partial charge in [0, 0.05) is 12.1 Å². The maximum Gasteiger partial charge on any atom is 0.338 e. The van der Waals surface area contributed by atoms with Gasteiger partial charge in [0.15, 0.2) is 6.61 Å². The van der Waals surface area contributed by atoms with Crippen LogP contribution in [0.5, 0.6) is 0 Å². The van der Waals surface area contributed by atoms with E-state index in [2.05, 4.69) is 0 Å². The molecule has 0 fully saturated rings. The maximum absolute atomic E-state index is 13.4. The van der Waals surface area contributed by atoms with Crippen LogP contribution in [0.4, 0.5) is 10.1 Å². The van der Waals surface area contributed by atoms with Crippen LogP contribution in [0.2, 0.25) is 0 Å². The highest BCUT2D eigenvalue weighted by atomic mass is 19.1. The van der Waals surface area contributed by atoms with E-state index in [-0.39, 0.29) is 16.8 Å². The van der Waals surface area contributed by atoms with Crippen molar-refractivity contribution in [3.8, 4) is 0 Å². The van der Waals surface area contributed by atoms with Gasteiger partial charge in [0.25, 0.3) is 5.69 Å². The van der Waals surface area contributed by atoms with Crippen LogP contribution >= 0.6 is 0 Å². The number of nitro benzene ring substituents is 1. The highest BCUT2D eigenvalue weighted by Gasteiger charge is 2.16. The molecule has 0 saturated heterocycles. The predicted octanol–water partition coefficient (Wildman–Crippen LogP) is 2.77. The third-order valence-electron chi connectivity index (χ3n) is 2.80. The van der Waals surface area contributed by atoms with Crippen LogP contribution < -0.4 is 0 Å². The number of hydrogen-bond acceptors (Lipinski definition) is 5. The fourth-order valence-corrected chi connectivity index (χ4v) is 1.73. The quantitative estimate of drug-likeness (QED) is 0.367. The van der Waals surface area contributed by atoms with Gasteiger partial charge in [-0.15, -0.1) is 0 Å². The molecule has 0 bridgehead atoms. The molecule has 0 radical (unpaired) electrons. The molecule has 0 aliphatic heterocycles. The first-order valence-corrected chi connectivity index (χ1v) is 6.18. The van der Waals surface area contributed by atoms with E-state index in [4.69, 9.17) is 4.74 Å². The Labute approximate surface area is 124 Å². The van der Waals surface area contributed by atoms with E-state index in [1.165, 1.54) is 36.4 Å². The fourth-order valence-electron chi connectivity index (χ4n) is 1.73. The van der Waals surface area contributed by atoms with Crippen molar-refractivity contribution in [2.75, 3.05) is 6.61 Å². The van der Waals surface area contributed by atoms with Gasteiger partial charge in [0.2, 0.25) is 5.78 Å². The van der Waals surface area contributed by atoms with Gasteiger partial charge in [-0.3, -0.25) is 14.9 Å². The molecule has 2 aromatic carbocycles. The summed E-state index contributed by atoms with van der Waals surface area (Å²) in [6.45, 7) is -0.650. The molecule has 2 aromatic rings. The van der Waals surface area contributed by atoms with Crippen molar-refractivity contribution < 1.29 is 23.6 Å². The van der Waals surface area contributed by atoms with E-state index in [0.29, 0.717) is 0 Å². The van der Waals surface area contributed by atoms with Crippen molar-refractivity contribution in [3.05, 3.63) is 75.6 Å². The lowest BCUT2D eigenvalue weighted by molar-refractivity contribution is -0.384. The average molecular weight is 303 g/mol. The van der Waals surface area contributed by atoms with E-state index in [0.717, 1.165) is 12.1 Å². The summed E-state index contributed by atoms with van der Waals surface area (Å²) in [5.74, 6) is -2.30. The number of esters is 1. The van der Waals surface area contributed by atoms with Crippen LogP contribution in [0.25, 0.3) is 0 Å². The molecule has 22 heavy (non-hydrogen) atoms. The van der Waals surface area contributed by atoms with Gasteiger partial charge in [0.1, 0.15) is 5.82 Å². The number of rotatable bonds is 5. The third kappa shape index (κ3) is 3.51. The van der Waals surface area contributed by atoms with Crippen molar-refractivity contribution in [2.45, 2.75) is 0 Å². The van der Waals surface area contributed by atoms with Crippen LogP contribution in [0, 0.1) is 15.9 Å². The first-order valence-electron chi connectivity index (χ1n) is 6.18. The molecule has 112 valence electrons. The smallest absolute Gasteiger partial charge is 0.338 e. The molecule has 0 aromatic heterocycles. The molecule has 0 N–H and O–H groups in total. The van der Waals surface area contributed by atoms with E-state index in [1.807, 2.05) is 0 Å². The van der Waals surface area contributed by atoms with Gasteiger partial charge >= 0.3 is 5.97 Å². The number of nitro groups is 1. The summed E-state index contributed by atoms with van der Waals surface area (Å²) >= 11 is 0. The Morgan fingerprint density at radius 3 is 2.55 bits per heavy atom. The molecule has 0 heterocycles. The van der Waals surface area contributed by atoms with Gasteiger partial charge in [-0.25, -0.2) is 9.18 Å². The second-order valence-corrected chi connectivity index (χ2v) is 4.29. The SMILES string of the molecule is O=C(OCC(=O)c1ccccc1F)c1cccc([N+](=O)[O-])c1. The number of hydrogen-bond donors (Lipinski definition) is 0. The summed E-state index contributed by atoms with van der Waals surface area (Å²) in [7, 11) is 0. The lowest BCUT2D eigenvalue weighted by atomic mass is 10.1. The first-order chi connectivity index (χ1) is 10.5. The van der Waals surface area contributed by atoms with Gasteiger partial charge in [-0.2, -0.15) is 0 Å². The topological polar surface area (TPSA) is 86.5 Å². The second-order valence-electron chi connectivity index (χ2n) is 4.29. The first kappa shape index (κ1) is 15.3. The number of ether oxygens (including phenoxy) is 1. The standard InChI is InChI=1S/C15H10FNO5/c16-13-7-2-1-6-12(13)14(18)9-22-15(19)10-4-3-5-11(8-10)17(20)21/h1-8H,9H2. The van der Waals surface area contributed by atoms with Gasteiger partial charge < -0.3 is 4.74 Å². The molecule has 0 amide bonds. The Morgan fingerprint density at radius 1 is 1.14 bits per heavy atom. The highest BCUT2D eigenvalue weighted by Crippen LogP contribution is 2.14. The summed E-state index contributed by atoms with van der Waals surface area (Å²) in [5, 5.41) is 10.6. The van der Waals surface area contributed by atoms with E-state index in [1.54, 1.807) is 0 Å². The van der Waals surface area contributed by atoms with Crippen LogP contribution in [0.3, 0.4) is 0 Å². The number of benzene rings is 2. The molecule has 2 rings (SSSR count). The molecule has 0 aliphatic carbocycles.